The Morgan fingerprint density at radius 2 is 1.90 bits per heavy atom. The molecular formula is C18H20O3. The molecule has 0 aromatic heterocycles. The average Bonchev–Trinajstić information content (AvgIpc) is 2.43. The summed E-state index contributed by atoms with van der Waals surface area (Å²) < 4.78 is 11.3. The fourth-order valence-corrected chi connectivity index (χ4v) is 2.92. The molecule has 21 heavy (non-hydrogen) atoms. The van der Waals surface area contributed by atoms with Gasteiger partial charge in [0.15, 0.2) is 0 Å². The zero-order chi connectivity index (χ0) is 15.2. The van der Waals surface area contributed by atoms with Crippen LogP contribution in [-0.4, -0.2) is 11.8 Å². The fourth-order valence-electron chi connectivity index (χ4n) is 2.92. The van der Waals surface area contributed by atoms with Crippen molar-refractivity contribution < 1.29 is 14.3 Å². The van der Waals surface area contributed by atoms with Crippen LogP contribution < -0.4 is 4.74 Å². The van der Waals surface area contributed by atoms with E-state index in [1.807, 2.05) is 18.2 Å². The van der Waals surface area contributed by atoms with Crippen molar-refractivity contribution in [2.45, 2.75) is 45.8 Å². The third-order valence-corrected chi connectivity index (χ3v) is 4.06. The molecule has 1 aliphatic rings. The van der Waals surface area contributed by atoms with Gasteiger partial charge in [-0.05, 0) is 34.7 Å². The second-order valence-electron chi connectivity index (χ2n) is 6.09. The van der Waals surface area contributed by atoms with Gasteiger partial charge in [-0.1, -0.05) is 38.1 Å². The highest BCUT2D eigenvalue weighted by Gasteiger charge is 2.37. The summed E-state index contributed by atoms with van der Waals surface area (Å²) in [6.07, 6.45) is 0.955. The number of hydrogen-bond acceptors (Lipinski definition) is 3. The van der Waals surface area contributed by atoms with Gasteiger partial charge in [0.25, 0.3) is 0 Å². The molecule has 1 atom stereocenters. The minimum atomic E-state index is -0.917. The van der Waals surface area contributed by atoms with Gasteiger partial charge in [-0.2, -0.15) is 0 Å². The van der Waals surface area contributed by atoms with Crippen LogP contribution in [0, 0.1) is 0 Å². The Labute approximate surface area is 124 Å². The quantitative estimate of drug-likeness (QED) is 0.754. The molecular weight excluding hydrogens is 264 g/mol. The molecule has 0 saturated heterocycles. The predicted molar refractivity (Wildman–Crippen MR) is 82.8 cm³/mol. The van der Waals surface area contributed by atoms with Gasteiger partial charge in [0.2, 0.25) is 5.79 Å². The van der Waals surface area contributed by atoms with Gasteiger partial charge in [0.05, 0.1) is 0 Å². The Hall–Kier alpha value is -2.03. The van der Waals surface area contributed by atoms with E-state index >= 15 is 0 Å². The Bertz CT molecular complexity index is 716. The van der Waals surface area contributed by atoms with Crippen LogP contribution in [0.4, 0.5) is 0 Å². The summed E-state index contributed by atoms with van der Waals surface area (Å²) in [5.41, 5.74) is 1.62. The van der Waals surface area contributed by atoms with Crippen LogP contribution in [0.3, 0.4) is 0 Å². The van der Waals surface area contributed by atoms with E-state index in [0.29, 0.717) is 11.3 Å². The first-order valence-electron chi connectivity index (χ1n) is 7.41. The highest BCUT2D eigenvalue weighted by molar-refractivity contribution is 6.03. The lowest BCUT2D eigenvalue weighted by atomic mass is 9.87. The number of carbonyl (C=O) groups excluding carboxylic acids is 1. The normalized spacial score (nSPS) is 17.8. The van der Waals surface area contributed by atoms with Gasteiger partial charge in [-0.3, -0.25) is 0 Å². The Morgan fingerprint density at radius 1 is 1.19 bits per heavy atom. The van der Waals surface area contributed by atoms with Crippen molar-refractivity contribution >= 4 is 16.7 Å². The molecule has 0 spiro atoms. The lowest BCUT2D eigenvalue weighted by Gasteiger charge is -2.34. The number of rotatable bonds is 2. The molecule has 3 nitrogen and oxygen atoms in total. The number of benzene rings is 2. The maximum atomic E-state index is 12.5. The van der Waals surface area contributed by atoms with Gasteiger partial charge in [-0.25, -0.2) is 4.79 Å². The molecule has 0 saturated carbocycles. The first-order chi connectivity index (χ1) is 9.93. The maximum absolute atomic E-state index is 12.5. The first-order valence-corrected chi connectivity index (χ1v) is 7.41. The summed E-state index contributed by atoms with van der Waals surface area (Å²) >= 11 is 0. The number of hydrogen-bond donors (Lipinski definition) is 0. The third kappa shape index (κ3) is 2.27. The highest BCUT2D eigenvalue weighted by Crippen LogP contribution is 2.41. The fraction of sp³-hybridized carbons (Fsp3) is 0.389. The van der Waals surface area contributed by atoms with E-state index in [1.54, 1.807) is 13.8 Å². The summed E-state index contributed by atoms with van der Waals surface area (Å²) in [7, 11) is 0. The maximum Gasteiger partial charge on any atom is 0.345 e. The molecule has 2 aromatic rings. The van der Waals surface area contributed by atoms with Crippen molar-refractivity contribution in [1.29, 1.82) is 0 Å². The minimum absolute atomic E-state index is 0.266. The summed E-state index contributed by atoms with van der Waals surface area (Å²) in [5, 5.41) is 2.20. The van der Waals surface area contributed by atoms with Crippen LogP contribution >= 0.6 is 0 Å². The van der Waals surface area contributed by atoms with Crippen LogP contribution in [0.25, 0.3) is 10.8 Å². The van der Waals surface area contributed by atoms with Crippen LogP contribution in [0.2, 0.25) is 0 Å². The third-order valence-electron chi connectivity index (χ3n) is 4.06. The van der Waals surface area contributed by atoms with Crippen LogP contribution in [0.1, 0.15) is 56.0 Å². The zero-order valence-corrected chi connectivity index (χ0v) is 12.9. The van der Waals surface area contributed by atoms with E-state index < -0.39 is 5.79 Å². The van der Waals surface area contributed by atoms with Crippen molar-refractivity contribution in [3.8, 4) is 5.75 Å². The summed E-state index contributed by atoms with van der Waals surface area (Å²) in [6, 6.07) is 10.1. The second kappa shape index (κ2) is 4.76. The molecule has 0 N–H and O–H groups in total. The summed E-state index contributed by atoms with van der Waals surface area (Å²) in [4.78, 5) is 12.5. The van der Waals surface area contributed by atoms with Crippen molar-refractivity contribution in [2.75, 3.05) is 0 Å². The van der Waals surface area contributed by atoms with E-state index in [-0.39, 0.29) is 11.9 Å². The SMILES string of the molecule is CCC(C)c1c2c(cc3ccccc13)OC(C)(C)OC2=O. The molecule has 3 heteroatoms. The molecule has 110 valence electrons. The molecule has 0 radical (unpaired) electrons. The van der Waals surface area contributed by atoms with Gasteiger partial charge < -0.3 is 9.47 Å². The van der Waals surface area contributed by atoms with E-state index in [9.17, 15) is 4.79 Å². The Morgan fingerprint density at radius 3 is 2.62 bits per heavy atom. The van der Waals surface area contributed by atoms with Crippen molar-refractivity contribution in [3.05, 3.63) is 41.5 Å². The molecule has 2 aromatic carbocycles. The first kappa shape index (κ1) is 13.9. The smallest absolute Gasteiger partial charge is 0.345 e. The molecule has 0 fully saturated rings. The number of cyclic esters (lactones) is 1. The van der Waals surface area contributed by atoms with Crippen molar-refractivity contribution in [3.63, 3.8) is 0 Å². The van der Waals surface area contributed by atoms with Gasteiger partial charge in [0, 0.05) is 13.8 Å². The van der Waals surface area contributed by atoms with Crippen LogP contribution in [0.5, 0.6) is 5.75 Å². The average molecular weight is 284 g/mol. The van der Waals surface area contributed by atoms with E-state index in [4.69, 9.17) is 9.47 Å². The monoisotopic (exact) mass is 284 g/mol. The number of carbonyl (C=O) groups is 1. The number of ether oxygens (including phenoxy) is 2. The van der Waals surface area contributed by atoms with E-state index in [0.717, 1.165) is 22.8 Å². The van der Waals surface area contributed by atoms with Crippen molar-refractivity contribution in [1.82, 2.24) is 0 Å². The predicted octanol–water partition coefficient (Wildman–Crippen LogP) is 4.64. The molecule has 3 rings (SSSR count). The van der Waals surface area contributed by atoms with Crippen LogP contribution in [0.15, 0.2) is 30.3 Å². The highest BCUT2D eigenvalue weighted by atomic mass is 16.7. The lowest BCUT2D eigenvalue weighted by Crippen LogP contribution is -2.39. The Balaban J connectivity index is 2.36. The van der Waals surface area contributed by atoms with E-state index in [1.165, 1.54) is 0 Å². The molecule has 1 aliphatic heterocycles. The largest absolute Gasteiger partial charge is 0.452 e. The topological polar surface area (TPSA) is 35.5 Å². The number of esters is 1. The number of fused-ring (bicyclic) bond motifs is 2. The van der Waals surface area contributed by atoms with E-state index in [2.05, 4.69) is 26.0 Å². The summed E-state index contributed by atoms with van der Waals surface area (Å²) in [5.74, 6) is -0.311. The van der Waals surface area contributed by atoms with Gasteiger partial charge >= 0.3 is 5.97 Å². The molecule has 0 bridgehead atoms. The zero-order valence-electron chi connectivity index (χ0n) is 12.9. The molecule has 1 heterocycles. The Kier molecular flexibility index (Phi) is 3.16. The van der Waals surface area contributed by atoms with Crippen LogP contribution in [-0.2, 0) is 4.74 Å². The van der Waals surface area contributed by atoms with Crippen molar-refractivity contribution in [2.24, 2.45) is 0 Å². The standard InChI is InChI=1S/C18H20O3/c1-5-11(2)15-13-9-7-6-8-12(13)10-14-16(15)17(19)21-18(3,4)20-14/h6-11H,5H2,1-4H3. The molecule has 0 aliphatic carbocycles. The van der Waals surface area contributed by atoms with Gasteiger partial charge in [-0.15, -0.1) is 0 Å². The second-order valence-corrected chi connectivity index (χ2v) is 6.09. The minimum Gasteiger partial charge on any atom is -0.452 e. The lowest BCUT2D eigenvalue weighted by molar-refractivity contribution is -0.127. The van der Waals surface area contributed by atoms with Gasteiger partial charge in [0.1, 0.15) is 11.3 Å². The summed E-state index contributed by atoms with van der Waals surface area (Å²) in [6.45, 7) is 7.77. The molecule has 1 unspecified atom stereocenters. The molecule has 0 amide bonds.